The van der Waals surface area contributed by atoms with Gasteiger partial charge in [-0.1, -0.05) is 29.3 Å². The molecule has 0 aromatic heterocycles. The van der Waals surface area contributed by atoms with Crippen LogP contribution >= 0.6 is 11.6 Å². The normalized spacial score (nSPS) is 9.80. The molecule has 15 heavy (non-hydrogen) atoms. The zero-order chi connectivity index (χ0) is 11.4. The van der Waals surface area contributed by atoms with Crippen molar-refractivity contribution >= 4 is 17.5 Å². The van der Waals surface area contributed by atoms with Gasteiger partial charge in [-0.2, -0.15) is 0 Å². The summed E-state index contributed by atoms with van der Waals surface area (Å²) in [5, 5.41) is 0.671. The topological polar surface area (TPSA) is 43.1 Å². The van der Waals surface area contributed by atoms with E-state index in [0.29, 0.717) is 17.0 Å². The first-order chi connectivity index (χ1) is 7.00. The minimum atomic E-state index is -0.366. The van der Waals surface area contributed by atoms with E-state index in [1.54, 1.807) is 6.07 Å². The summed E-state index contributed by atoms with van der Waals surface area (Å²) in [6.45, 7) is 3.76. The fourth-order valence-electron chi connectivity index (χ4n) is 1.36. The summed E-state index contributed by atoms with van der Waals surface area (Å²) < 4.78 is 0. The van der Waals surface area contributed by atoms with Gasteiger partial charge < -0.3 is 5.73 Å². The van der Waals surface area contributed by atoms with Crippen molar-refractivity contribution in [3.8, 4) is 0 Å². The lowest BCUT2D eigenvalue weighted by molar-refractivity contribution is -0.114. The van der Waals surface area contributed by atoms with Gasteiger partial charge in [-0.3, -0.25) is 4.79 Å². The second-order valence-corrected chi connectivity index (χ2v) is 4.09. The van der Waals surface area contributed by atoms with Crippen LogP contribution in [0.4, 0.5) is 0 Å². The van der Waals surface area contributed by atoms with Gasteiger partial charge in [-0.05, 0) is 31.5 Å². The molecule has 0 spiro atoms. The molecule has 0 fully saturated rings. The van der Waals surface area contributed by atoms with Gasteiger partial charge in [0, 0.05) is 17.0 Å². The Bertz CT molecular complexity index is 406. The molecular weight excluding hydrogens is 210 g/mol. The largest absolute Gasteiger partial charge is 0.366 e. The molecule has 0 bridgehead atoms. The predicted molar refractivity (Wildman–Crippen MR) is 62.7 cm³/mol. The molecule has 0 atom stereocenters. The monoisotopic (exact) mass is 223 g/mol. The SMILES string of the molecule is CC(C)=C(Cc1cccc(Cl)c1)C(N)=O. The van der Waals surface area contributed by atoms with Gasteiger partial charge in [0.25, 0.3) is 0 Å². The van der Waals surface area contributed by atoms with E-state index in [-0.39, 0.29) is 5.91 Å². The fraction of sp³-hybridized carbons (Fsp3) is 0.250. The van der Waals surface area contributed by atoms with E-state index in [1.165, 1.54) is 0 Å². The van der Waals surface area contributed by atoms with E-state index in [9.17, 15) is 4.79 Å². The number of benzene rings is 1. The number of hydrogen-bond acceptors (Lipinski definition) is 1. The Balaban J connectivity index is 2.94. The molecule has 1 amide bonds. The molecule has 3 heteroatoms. The molecule has 0 heterocycles. The van der Waals surface area contributed by atoms with Crippen molar-refractivity contribution in [3.63, 3.8) is 0 Å². The third-order valence-corrected chi connectivity index (χ3v) is 2.41. The third kappa shape index (κ3) is 3.40. The van der Waals surface area contributed by atoms with Crippen LogP contribution in [0.3, 0.4) is 0 Å². The van der Waals surface area contributed by atoms with Crippen LogP contribution in [0.2, 0.25) is 5.02 Å². The summed E-state index contributed by atoms with van der Waals surface area (Å²) in [5.41, 5.74) is 7.89. The van der Waals surface area contributed by atoms with Gasteiger partial charge in [0.05, 0.1) is 0 Å². The number of amides is 1. The molecule has 0 aliphatic carbocycles. The van der Waals surface area contributed by atoms with E-state index in [4.69, 9.17) is 17.3 Å². The summed E-state index contributed by atoms with van der Waals surface area (Å²) in [5.74, 6) is -0.366. The van der Waals surface area contributed by atoms with Gasteiger partial charge in [0.2, 0.25) is 5.91 Å². The van der Waals surface area contributed by atoms with Crippen LogP contribution in [-0.4, -0.2) is 5.91 Å². The average molecular weight is 224 g/mol. The summed E-state index contributed by atoms with van der Waals surface area (Å²) in [6.07, 6.45) is 0.540. The van der Waals surface area contributed by atoms with E-state index >= 15 is 0 Å². The minimum absolute atomic E-state index is 0.366. The smallest absolute Gasteiger partial charge is 0.244 e. The summed E-state index contributed by atoms with van der Waals surface area (Å²) in [4.78, 5) is 11.2. The second-order valence-electron chi connectivity index (χ2n) is 3.65. The molecule has 0 aliphatic heterocycles. The van der Waals surface area contributed by atoms with Gasteiger partial charge in [0.1, 0.15) is 0 Å². The highest BCUT2D eigenvalue weighted by Gasteiger charge is 2.08. The first-order valence-corrected chi connectivity index (χ1v) is 5.09. The molecule has 0 radical (unpaired) electrons. The molecule has 1 aromatic carbocycles. The number of allylic oxidation sites excluding steroid dienone is 1. The highest BCUT2D eigenvalue weighted by atomic mass is 35.5. The maximum absolute atomic E-state index is 11.2. The number of primary amides is 1. The number of carbonyl (C=O) groups excluding carboxylic acids is 1. The summed E-state index contributed by atoms with van der Waals surface area (Å²) in [6, 6.07) is 7.43. The molecule has 0 saturated heterocycles. The lowest BCUT2D eigenvalue weighted by Gasteiger charge is -2.06. The highest BCUT2D eigenvalue weighted by Crippen LogP contribution is 2.16. The lowest BCUT2D eigenvalue weighted by Crippen LogP contribution is -2.16. The van der Waals surface area contributed by atoms with Crippen molar-refractivity contribution in [2.75, 3.05) is 0 Å². The van der Waals surface area contributed by atoms with E-state index < -0.39 is 0 Å². The van der Waals surface area contributed by atoms with Crippen molar-refractivity contribution in [1.29, 1.82) is 0 Å². The van der Waals surface area contributed by atoms with E-state index in [1.807, 2.05) is 32.0 Å². The quantitative estimate of drug-likeness (QED) is 0.787. The van der Waals surface area contributed by atoms with Crippen LogP contribution in [0.1, 0.15) is 19.4 Å². The molecule has 0 unspecified atom stereocenters. The van der Waals surface area contributed by atoms with Crippen molar-refractivity contribution in [2.45, 2.75) is 20.3 Å². The molecule has 1 rings (SSSR count). The van der Waals surface area contributed by atoms with E-state index in [2.05, 4.69) is 0 Å². The highest BCUT2D eigenvalue weighted by molar-refractivity contribution is 6.30. The van der Waals surface area contributed by atoms with Crippen LogP contribution < -0.4 is 5.73 Å². The fourth-order valence-corrected chi connectivity index (χ4v) is 1.57. The number of rotatable bonds is 3. The molecule has 0 aliphatic rings. The minimum Gasteiger partial charge on any atom is -0.366 e. The summed E-state index contributed by atoms with van der Waals surface area (Å²) >= 11 is 5.86. The Morgan fingerprint density at radius 3 is 2.53 bits per heavy atom. The Labute approximate surface area is 94.7 Å². The second kappa shape index (κ2) is 4.99. The molecule has 80 valence electrons. The Kier molecular flexibility index (Phi) is 3.92. The Hall–Kier alpha value is -1.28. The number of nitrogens with two attached hydrogens (primary N) is 1. The molecule has 2 nitrogen and oxygen atoms in total. The van der Waals surface area contributed by atoms with Crippen LogP contribution in [0.25, 0.3) is 0 Å². The number of halogens is 1. The van der Waals surface area contributed by atoms with Crippen molar-refractivity contribution in [1.82, 2.24) is 0 Å². The van der Waals surface area contributed by atoms with Crippen LogP contribution in [0, 0.1) is 0 Å². The lowest BCUT2D eigenvalue weighted by atomic mass is 10.0. The maximum atomic E-state index is 11.2. The third-order valence-electron chi connectivity index (χ3n) is 2.17. The zero-order valence-corrected chi connectivity index (χ0v) is 9.64. The van der Waals surface area contributed by atoms with Crippen LogP contribution in [-0.2, 0) is 11.2 Å². The Morgan fingerprint density at radius 1 is 1.40 bits per heavy atom. The van der Waals surface area contributed by atoms with Gasteiger partial charge in [0.15, 0.2) is 0 Å². The maximum Gasteiger partial charge on any atom is 0.244 e. The molecular formula is C12H14ClNO. The average Bonchev–Trinajstić information content (AvgIpc) is 2.13. The number of carbonyl (C=O) groups is 1. The molecule has 2 N–H and O–H groups in total. The van der Waals surface area contributed by atoms with Gasteiger partial charge in [-0.15, -0.1) is 0 Å². The zero-order valence-electron chi connectivity index (χ0n) is 8.88. The Morgan fingerprint density at radius 2 is 2.07 bits per heavy atom. The molecule has 1 aromatic rings. The van der Waals surface area contributed by atoms with Gasteiger partial charge in [-0.25, -0.2) is 0 Å². The van der Waals surface area contributed by atoms with Crippen LogP contribution in [0.5, 0.6) is 0 Å². The first-order valence-electron chi connectivity index (χ1n) is 4.71. The van der Waals surface area contributed by atoms with Crippen LogP contribution in [0.15, 0.2) is 35.4 Å². The van der Waals surface area contributed by atoms with Crippen molar-refractivity contribution < 1.29 is 4.79 Å². The van der Waals surface area contributed by atoms with Gasteiger partial charge >= 0.3 is 0 Å². The molecule has 0 saturated carbocycles. The standard InChI is InChI=1S/C12H14ClNO/c1-8(2)11(12(14)15)7-9-4-3-5-10(13)6-9/h3-6H,7H2,1-2H3,(H2,14,15). The number of hydrogen-bond donors (Lipinski definition) is 1. The first kappa shape index (κ1) is 11.8. The predicted octanol–water partition coefficient (Wildman–Crippen LogP) is 2.70. The van der Waals surface area contributed by atoms with E-state index in [0.717, 1.165) is 11.1 Å². The summed E-state index contributed by atoms with van der Waals surface area (Å²) in [7, 11) is 0. The van der Waals surface area contributed by atoms with Crippen molar-refractivity contribution in [2.24, 2.45) is 5.73 Å². The van der Waals surface area contributed by atoms with Crippen molar-refractivity contribution in [3.05, 3.63) is 46.0 Å².